The van der Waals surface area contributed by atoms with Gasteiger partial charge in [0.05, 0.1) is 18.1 Å². The number of halogens is 1. The highest BCUT2D eigenvalue weighted by Gasteiger charge is 2.07. The van der Waals surface area contributed by atoms with Crippen LogP contribution in [-0.4, -0.2) is 12.5 Å². The lowest BCUT2D eigenvalue weighted by atomic mass is 10.0. The second-order valence-corrected chi connectivity index (χ2v) is 5.75. The summed E-state index contributed by atoms with van der Waals surface area (Å²) < 4.78 is 5.95. The number of fused-ring (bicyclic) bond motifs is 1. The Balaban J connectivity index is 2.25. The Hall–Kier alpha value is -1.65. The van der Waals surface area contributed by atoms with Gasteiger partial charge in [-0.2, -0.15) is 0 Å². The van der Waals surface area contributed by atoms with Crippen molar-refractivity contribution in [1.82, 2.24) is 0 Å². The predicted octanol–water partition coefficient (Wildman–Crippen LogP) is 5.25. The molecular formula is C19H21ClO. The molecule has 0 atom stereocenters. The van der Waals surface area contributed by atoms with E-state index in [4.69, 9.17) is 16.3 Å². The van der Waals surface area contributed by atoms with Crippen molar-refractivity contribution < 1.29 is 4.74 Å². The molecule has 0 aliphatic heterocycles. The van der Waals surface area contributed by atoms with E-state index >= 15 is 0 Å². The standard InChI is InChI=1S/C19H21ClO/c1-15(2)7-6-14-21-19-12-11-16-8-3-4-9-17(16)18(19)10-5-13-20/h3-4,8-9,11-12,15H,6-7,13-14H2,1-2H3. The second-order valence-electron chi connectivity index (χ2n) is 5.48. The zero-order valence-corrected chi connectivity index (χ0v) is 13.4. The lowest BCUT2D eigenvalue weighted by Crippen LogP contribution is -2.01. The topological polar surface area (TPSA) is 9.23 Å². The van der Waals surface area contributed by atoms with Gasteiger partial charge in [-0.15, -0.1) is 11.6 Å². The highest BCUT2D eigenvalue weighted by atomic mass is 35.5. The molecule has 0 spiro atoms. The minimum atomic E-state index is 0.329. The molecule has 0 amide bonds. The molecule has 0 heterocycles. The van der Waals surface area contributed by atoms with Crippen molar-refractivity contribution in [1.29, 1.82) is 0 Å². The number of rotatable bonds is 5. The first-order valence-corrected chi connectivity index (χ1v) is 7.95. The van der Waals surface area contributed by atoms with E-state index in [9.17, 15) is 0 Å². The van der Waals surface area contributed by atoms with Crippen LogP contribution in [0.25, 0.3) is 10.8 Å². The molecule has 0 fully saturated rings. The monoisotopic (exact) mass is 300 g/mol. The summed E-state index contributed by atoms with van der Waals surface area (Å²) in [5.74, 6) is 7.98. The Kier molecular flexibility index (Phi) is 5.96. The summed E-state index contributed by atoms with van der Waals surface area (Å²) >= 11 is 5.70. The SMILES string of the molecule is CC(C)CCCOc1ccc2ccccc2c1C#CCCl. The average Bonchev–Trinajstić information content (AvgIpc) is 2.49. The number of alkyl halides is 1. The zero-order valence-electron chi connectivity index (χ0n) is 12.7. The van der Waals surface area contributed by atoms with Crippen LogP contribution >= 0.6 is 11.6 Å². The summed E-state index contributed by atoms with van der Waals surface area (Å²) in [4.78, 5) is 0. The smallest absolute Gasteiger partial charge is 0.135 e. The van der Waals surface area contributed by atoms with Crippen LogP contribution in [-0.2, 0) is 0 Å². The molecule has 0 aromatic heterocycles. The van der Waals surface area contributed by atoms with Crippen LogP contribution in [0.3, 0.4) is 0 Å². The molecule has 21 heavy (non-hydrogen) atoms. The third-order valence-electron chi connectivity index (χ3n) is 3.35. The van der Waals surface area contributed by atoms with Gasteiger partial charge in [0.2, 0.25) is 0 Å². The normalized spacial score (nSPS) is 10.5. The molecule has 0 saturated carbocycles. The van der Waals surface area contributed by atoms with Crippen molar-refractivity contribution in [3.8, 4) is 17.6 Å². The second kappa shape index (κ2) is 7.96. The lowest BCUT2D eigenvalue weighted by molar-refractivity contribution is 0.297. The number of hydrogen-bond acceptors (Lipinski definition) is 1. The van der Waals surface area contributed by atoms with Gasteiger partial charge in [0.15, 0.2) is 0 Å². The molecule has 2 rings (SSSR count). The lowest BCUT2D eigenvalue weighted by Gasteiger charge is -2.11. The molecule has 0 radical (unpaired) electrons. The van der Waals surface area contributed by atoms with Gasteiger partial charge in [-0.25, -0.2) is 0 Å². The van der Waals surface area contributed by atoms with Gasteiger partial charge in [0.1, 0.15) is 5.75 Å². The average molecular weight is 301 g/mol. The van der Waals surface area contributed by atoms with Gasteiger partial charge in [-0.1, -0.05) is 56.0 Å². The zero-order chi connectivity index (χ0) is 15.1. The Labute approximate surface area is 132 Å². The fourth-order valence-corrected chi connectivity index (χ4v) is 2.36. The quantitative estimate of drug-likeness (QED) is 0.416. The van der Waals surface area contributed by atoms with Gasteiger partial charge in [-0.05, 0) is 30.2 Å². The summed E-state index contributed by atoms with van der Waals surface area (Å²) in [5, 5.41) is 2.29. The summed E-state index contributed by atoms with van der Waals surface area (Å²) in [6.45, 7) is 5.19. The van der Waals surface area contributed by atoms with Crippen molar-refractivity contribution in [2.24, 2.45) is 5.92 Å². The van der Waals surface area contributed by atoms with E-state index in [1.54, 1.807) is 0 Å². The molecule has 0 N–H and O–H groups in total. The molecule has 0 bridgehead atoms. The summed E-state index contributed by atoms with van der Waals surface area (Å²) in [5.41, 5.74) is 0.943. The fourth-order valence-electron chi connectivity index (χ4n) is 2.30. The van der Waals surface area contributed by atoms with Crippen molar-refractivity contribution in [2.75, 3.05) is 12.5 Å². The number of hydrogen-bond donors (Lipinski definition) is 0. The Morgan fingerprint density at radius 3 is 2.71 bits per heavy atom. The Bertz CT molecular complexity index is 649. The van der Waals surface area contributed by atoms with E-state index in [1.807, 2.05) is 18.2 Å². The minimum absolute atomic E-state index is 0.329. The van der Waals surface area contributed by atoms with Crippen LogP contribution in [0.4, 0.5) is 0 Å². The van der Waals surface area contributed by atoms with E-state index in [-0.39, 0.29) is 0 Å². The first kappa shape index (κ1) is 15.7. The number of ether oxygens (including phenoxy) is 1. The molecule has 2 aromatic rings. The van der Waals surface area contributed by atoms with Crippen molar-refractivity contribution in [3.63, 3.8) is 0 Å². The van der Waals surface area contributed by atoms with Gasteiger partial charge in [-0.3, -0.25) is 0 Å². The first-order valence-electron chi connectivity index (χ1n) is 7.41. The van der Waals surface area contributed by atoms with E-state index < -0.39 is 0 Å². The van der Waals surface area contributed by atoms with Crippen LogP contribution in [0.5, 0.6) is 5.75 Å². The van der Waals surface area contributed by atoms with Gasteiger partial charge >= 0.3 is 0 Å². The maximum Gasteiger partial charge on any atom is 0.135 e. The number of benzene rings is 2. The largest absolute Gasteiger partial charge is 0.492 e. The van der Waals surface area contributed by atoms with E-state index in [0.29, 0.717) is 11.8 Å². The molecule has 2 heteroatoms. The molecule has 0 unspecified atom stereocenters. The minimum Gasteiger partial charge on any atom is -0.492 e. The molecule has 2 aromatic carbocycles. The van der Waals surface area contributed by atoms with Gasteiger partial charge < -0.3 is 4.74 Å². The van der Waals surface area contributed by atoms with Crippen molar-refractivity contribution >= 4 is 22.4 Å². The van der Waals surface area contributed by atoms with E-state index in [1.165, 1.54) is 11.8 Å². The maximum atomic E-state index is 5.95. The maximum absolute atomic E-state index is 5.95. The van der Waals surface area contributed by atoms with Crippen LogP contribution in [0.15, 0.2) is 36.4 Å². The predicted molar refractivity (Wildman–Crippen MR) is 91.1 cm³/mol. The first-order chi connectivity index (χ1) is 10.2. The summed E-state index contributed by atoms with van der Waals surface area (Å²) in [6.07, 6.45) is 2.24. The third kappa shape index (κ3) is 4.41. The van der Waals surface area contributed by atoms with Crippen molar-refractivity contribution in [3.05, 3.63) is 42.0 Å². The Morgan fingerprint density at radius 1 is 1.14 bits per heavy atom. The molecule has 0 aliphatic rings. The van der Waals surface area contributed by atoms with Gasteiger partial charge in [0.25, 0.3) is 0 Å². The molecule has 110 valence electrons. The van der Waals surface area contributed by atoms with Crippen LogP contribution in [0.1, 0.15) is 32.3 Å². The van der Waals surface area contributed by atoms with E-state index in [2.05, 4.69) is 43.9 Å². The molecule has 1 nitrogen and oxygen atoms in total. The van der Waals surface area contributed by atoms with Crippen LogP contribution in [0.2, 0.25) is 0 Å². The fraction of sp³-hybridized carbons (Fsp3) is 0.368. The summed E-state index contributed by atoms with van der Waals surface area (Å²) in [7, 11) is 0. The van der Waals surface area contributed by atoms with Crippen molar-refractivity contribution in [2.45, 2.75) is 26.7 Å². The molecule has 0 aliphatic carbocycles. The van der Waals surface area contributed by atoms with Gasteiger partial charge in [0, 0.05) is 5.39 Å². The Morgan fingerprint density at radius 2 is 1.95 bits per heavy atom. The van der Waals surface area contributed by atoms with Crippen LogP contribution < -0.4 is 4.74 Å². The van der Waals surface area contributed by atoms with Crippen LogP contribution in [0, 0.1) is 17.8 Å². The highest BCUT2D eigenvalue weighted by molar-refractivity contribution is 6.19. The van der Waals surface area contributed by atoms with E-state index in [0.717, 1.165) is 29.7 Å². The third-order valence-corrected chi connectivity index (χ3v) is 3.49. The molecule has 0 saturated heterocycles. The summed E-state index contributed by atoms with van der Waals surface area (Å²) in [6, 6.07) is 12.3. The highest BCUT2D eigenvalue weighted by Crippen LogP contribution is 2.27. The molecular weight excluding hydrogens is 280 g/mol.